The number of nitrogens with zero attached hydrogens (tertiary/aromatic N) is 1. The van der Waals surface area contributed by atoms with E-state index >= 15 is 0 Å². The minimum Gasteiger partial charge on any atom is -0.352 e. The van der Waals surface area contributed by atoms with E-state index in [1.54, 1.807) is 13.8 Å². The van der Waals surface area contributed by atoms with Gasteiger partial charge >= 0.3 is 0 Å². The van der Waals surface area contributed by atoms with Gasteiger partial charge in [0.2, 0.25) is 5.91 Å². The van der Waals surface area contributed by atoms with E-state index in [9.17, 15) is 14.4 Å². The Morgan fingerprint density at radius 1 is 1.36 bits per heavy atom. The number of piperidine rings is 1. The third-order valence-corrected chi connectivity index (χ3v) is 4.38. The molecule has 1 fully saturated rings. The van der Waals surface area contributed by atoms with E-state index in [0.29, 0.717) is 16.8 Å². The zero-order valence-corrected chi connectivity index (χ0v) is 15.4. The van der Waals surface area contributed by atoms with Gasteiger partial charge in [0.15, 0.2) is 0 Å². The molecule has 1 aliphatic rings. The third-order valence-electron chi connectivity index (χ3n) is 4.38. The third kappa shape index (κ3) is 4.92. The molecular weight excluding hydrogens is 320 g/mol. The summed E-state index contributed by atoms with van der Waals surface area (Å²) in [5, 5.41) is 9.06. The summed E-state index contributed by atoms with van der Waals surface area (Å²) in [4.78, 5) is 37.0. The molecule has 1 atom stereocenters. The monoisotopic (exact) mass is 348 g/mol. The summed E-state index contributed by atoms with van der Waals surface area (Å²) >= 11 is 0. The van der Waals surface area contributed by atoms with Crippen LogP contribution in [0.4, 0.5) is 0 Å². The van der Waals surface area contributed by atoms with Gasteiger partial charge in [-0.2, -0.15) is 0 Å². The molecule has 138 valence electrons. The molecule has 7 nitrogen and oxygen atoms in total. The van der Waals surface area contributed by atoms with Crippen molar-refractivity contribution in [2.75, 3.05) is 13.1 Å². The Labute approximate surface area is 148 Å². The Kier molecular flexibility index (Phi) is 6.36. The van der Waals surface area contributed by atoms with Crippen LogP contribution >= 0.6 is 0 Å². The zero-order valence-electron chi connectivity index (χ0n) is 15.4. The first kappa shape index (κ1) is 19.2. The number of amides is 2. The second kappa shape index (κ2) is 8.29. The topological polar surface area (TPSA) is 92.2 Å². The van der Waals surface area contributed by atoms with Crippen LogP contribution < -0.4 is 21.5 Å². The molecule has 3 N–H and O–H groups in total. The fourth-order valence-corrected chi connectivity index (χ4v) is 3.20. The molecule has 25 heavy (non-hydrogen) atoms. The van der Waals surface area contributed by atoms with Crippen molar-refractivity contribution in [3.8, 4) is 0 Å². The molecule has 1 aromatic heterocycles. The lowest BCUT2D eigenvalue weighted by Gasteiger charge is -2.25. The molecule has 2 rings (SSSR count). The molecular formula is C18H28N4O3. The summed E-state index contributed by atoms with van der Waals surface area (Å²) < 4.78 is 1.36. The molecule has 0 saturated carbocycles. The molecule has 0 aliphatic carbocycles. The van der Waals surface area contributed by atoms with Crippen LogP contribution in [0.5, 0.6) is 0 Å². The summed E-state index contributed by atoms with van der Waals surface area (Å²) in [6.45, 7) is 8.82. The molecule has 1 saturated heterocycles. The lowest BCUT2D eigenvalue weighted by molar-refractivity contribution is -0.122. The van der Waals surface area contributed by atoms with Crippen LogP contribution in [-0.4, -0.2) is 41.6 Å². The van der Waals surface area contributed by atoms with Crippen LogP contribution in [0.15, 0.2) is 10.9 Å². The quantitative estimate of drug-likeness (QED) is 0.721. The van der Waals surface area contributed by atoms with E-state index in [4.69, 9.17) is 0 Å². The van der Waals surface area contributed by atoms with Gasteiger partial charge in [-0.25, -0.2) is 0 Å². The average Bonchev–Trinajstić information content (AvgIpc) is 2.51. The van der Waals surface area contributed by atoms with Gasteiger partial charge < -0.3 is 20.5 Å². The highest BCUT2D eigenvalue weighted by molar-refractivity contribution is 5.97. The van der Waals surface area contributed by atoms with Gasteiger partial charge in [-0.15, -0.1) is 0 Å². The van der Waals surface area contributed by atoms with Gasteiger partial charge in [0, 0.05) is 30.4 Å². The number of aryl methyl sites for hydroxylation is 1. The fraction of sp³-hybridized carbons (Fsp3) is 0.611. The summed E-state index contributed by atoms with van der Waals surface area (Å²) in [5.74, 6) is -0.436. The minimum absolute atomic E-state index is 0.00414. The van der Waals surface area contributed by atoms with E-state index in [1.807, 2.05) is 13.8 Å². The number of hydrogen-bond donors (Lipinski definition) is 3. The van der Waals surface area contributed by atoms with Gasteiger partial charge in [0.05, 0.1) is 5.56 Å². The summed E-state index contributed by atoms with van der Waals surface area (Å²) in [5.41, 5.74) is 1.35. The van der Waals surface area contributed by atoms with Crippen LogP contribution in [0, 0.1) is 13.8 Å². The first-order chi connectivity index (χ1) is 11.8. The number of aromatic nitrogens is 1. The number of carbonyl (C=O) groups is 2. The fourth-order valence-electron chi connectivity index (χ4n) is 3.20. The largest absolute Gasteiger partial charge is 0.352 e. The molecule has 0 spiro atoms. The van der Waals surface area contributed by atoms with Crippen molar-refractivity contribution < 1.29 is 9.59 Å². The standard InChI is InChI=1S/C18H28N4O3/c1-11(2)20-15(23)10-22-13(4)17(12(3)8-16(22)24)18(25)21-14-6-5-7-19-9-14/h8,11,14,19H,5-7,9-10H2,1-4H3,(H,20,23)(H,21,25). The summed E-state index contributed by atoms with van der Waals surface area (Å²) in [6, 6.07) is 1.50. The Morgan fingerprint density at radius 2 is 2.08 bits per heavy atom. The van der Waals surface area contributed by atoms with Crippen LogP contribution in [0.3, 0.4) is 0 Å². The van der Waals surface area contributed by atoms with Gasteiger partial charge in [-0.1, -0.05) is 0 Å². The van der Waals surface area contributed by atoms with Crippen molar-refractivity contribution in [1.29, 1.82) is 0 Å². The van der Waals surface area contributed by atoms with Crippen molar-refractivity contribution in [2.24, 2.45) is 0 Å². The maximum atomic E-state index is 12.7. The number of rotatable bonds is 5. The Bertz CT molecular complexity index is 703. The summed E-state index contributed by atoms with van der Waals surface area (Å²) in [7, 11) is 0. The molecule has 2 heterocycles. The molecule has 0 radical (unpaired) electrons. The molecule has 2 amide bonds. The maximum absolute atomic E-state index is 12.7. The van der Waals surface area contributed by atoms with Crippen molar-refractivity contribution in [1.82, 2.24) is 20.5 Å². The molecule has 0 aromatic carbocycles. The van der Waals surface area contributed by atoms with Crippen molar-refractivity contribution in [2.45, 2.75) is 59.2 Å². The smallest absolute Gasteiger partial charge is 0.253 e. The van der Waals surface area contributed by atoms with E-state index in [-0.39, 0.29) is 36.0 Å². The lowest BCUT2D eigenvalue weighted by Crippen LogP contribution is -2.46. The van der Waals surface area contributed by atoms with Crippen LogP contribution in [0.25, 0.3) is 0 Å². The minimum atomic E-state index is -0.273. The predicted molar refractivity (Wildman–Crippen MR) is 96.8 cm³/mol. The van der Waals surface area contributed by atoms with Gasteiger partial charge in [0.25, 0.3) is 11.5 Å². The van der Waals surface area contributed by atoms with E-state index in [1.165, 1.54) is 10.6 Å². The SMILES string of the molecule is Cc1cc(=O)n(CC(=O)NC(C)C)c(C)c1C(=O)NC1CCCNC1. The molecule has 1 aliphatic heterocycles. The predicted octanol–water partition coefficient (Wildman–Crippen LogP) is 0.472. The molecule has 7 heteroatoms. The molecule has 0 bridgehead atoms. The number of nitrogens with one attached hydrogen (secondary N) is 3. The highest BCUT2D eigenvalue weighted by Gasteiger charge is 2.21. The second-order valence-corrected chi connectivity index (χ2v) is 6.95. The number of carbonyl (C=O) groups excluding carboxylic acids is 2. The molecule has 1 unspecified atom stereocenters. The van der Waals surface area contributed by atoms with Crippen LogP contribution in [-0.2, 0) is 11.3 Å². The first-order valence-corrected chi connectivity index (χ1v) is 8.81. The van der Waals surface area contributed by atoms with Crippen LogP contribution in [0.1, 0.15) is 48.3 Å². The lowest BCUT2D eigenvalue weighted by atomic mass is 10.0. The zero-order chi connectivity index (χ0) is 18.6. The van der Waals surface area contributed by atoms with E-state index in [0.717, 1.165) is 25.9 Å². The van der Waals surface area contributed by atoms with Gasteiger partial charge in [-0.05, 0) is 52.6 Å². The molecule has 1 aromatic rings. The van der Waals surface area contributed by atoms with Crippen LogP contribution in [0.2, 0.25) is 0 Å². The normalized spacial score (nSPS) is 17.4. The maximum Gasteiger partial charge on any atom is 0.253 e. The van der Waals surface area contributed by atoms with Gasteiger partial charge in [-0.3, -0.25) is 14.4 Å². The second-order valence-electron chi connectivity index (χ2n) is 6.95. The van der Waals surface area contributed by atoms with Crippen molar-refractivity contribution in [3.63, 3.8) is 0 Å². The van der Waals surface area contributed by atoms with E-state index < -0.39 is 0 Å². The van der Waals surface area contributed by atoms with Gasteiger partial charge in [0.1, 0.15) is 6.54 Å². The van der Waals surface area contributed by atoms with Crippen molar-refractivity contribution in [3.05, 3.63) is 33.2 Å². The van der Waals surface area contributed by atoms with Crippen molar-refractivity contribution >= 4 is 11.8 Å². The Balaban J connectivity index is 2.25. The summed E-state index contributed by atoms with van der Waals surface area (Å²) in [6.07, 6.45) is 1.96. The Morgan fingerprint density at radius 3 is 2.68 bits per heavy atom. The average molecular weight is 348 g/mol. The Hall–Kier alpha value is -2.15. The number of pyridine rings is 1. The first-order valence-electron chi connectivity index (χ1n) is 8.81. The number of hydrogen-bond acceptors (Lipinski definition) is 4. The highest BCUT2D eigenvalue weighted by Crippen LogP contribution is 2.13. The highest BCUT2D eigenvalue weighted by atomic mass is 16.2. The van der Waals surface area contributed by atoms with E-state index in [2.05, 4.69) is 16.0 Å².